The summed E-state index contributed by atoms with van der Waals surface area (Å²) in [4.78, 5) is 39.2. The first-order valence-electron chi connectivity index (χ1n) is 8.43. The Morgan fingerprint density at radius 3 is 2.67 bits per heavy atom. The summed E-state index contributed by atoms with van der Waals surface area (Å²) in [6, 6.07) is 3.62. The van der Waals surface area contributed by atoms with E-state index in [0.29, 0.717) is 37.8 Å². The summed E-state index contributed by atoms with van der Waals surface area (Å²) in [6.45, 7) is 3.90. The van der Waals surface area contributed by atoms with Crippen LogP contribution in [0.25, 0.3) is 0 Å². The van der Waals surface area contributed by atoms with Crippen LogP contribution in [0.2, 0.25) is 0 Å². The minimum absolute atomic E-state index is 0.0931. The minimum Gasteiger partial charge on any atom is -0.342 e. The number of rotatable bonds is 3. The number of piperidine rings is 1. The highest BCUT2D eigenvalue weighted by atomic mass is 16.2. The summed E-state index contributed by atoms with van der Waals surface area (Å²) < 4.78 is 1.79. The predicted octanol–water partition coefficient (Wildman–Crippen LogP) is -1.10. The van der Waals surface area contributed by atoms with Crippen LogP contribution in [-0.4, -0.2) is 55.0 Å². The Hall–Kier alpha value is -2.15. The predicted molar refractivity (Wildman–Crippen MR) is 90.1 cm³/mol. The van der Waals surface area contributed by atoms with Gasteiger partial charge in [-0.1, -0.05) is 0 Å². The van der Waals surface area contributed by atoms with Crippen LogP contribution in [-0.2, 0) is 16.1 Å². The molecule has 1 aromatic heterocycles. The lowest BCUT2D eigenvalue weighted by Crippen LogP contribution is -3.06. The van der Waals surface area contributed by atoms with Crippen LogP contribution >= 0.6 is 0 Å². The number of carbonyl (C=O) groups is 2. The third-order valence-electron chi connectivity index (χ3n) is 4.84. The maximum absolute atomic E-state index is 12.7. The molecule has 1 aromatic rings. The number of anilines is 1. The number of likely N-dealkylation sites (tertiary alicyclic amines) is 1. The summed E-state index contributed by atoms with van der Waals surface area (Å²) in [7, 11) is 3.78. The molecule has 1 fully saturated rings. The van der Waals surface area contributed by atoms with Crippen LogP contribution in [0.4, 0.5) is 5.69 Å². The smallest absolute Gasteiger partial charge is 0.279 e. The van der Waals surface area contributed by atoms with Gasteiger partial charge in [0.15, 0.2) is 6.54 Å². The quantitative estimate of drug-likeness (QED) is 0.737. The van der Waals surface area contributed by atoms with Gasteiger partial charge in [0.2, 0.25) is 5.91 Å². The number of hydrogen-bond acceptors (Lipinski definition) is 3. The highest BCUT2D eigenvalue weighted by molar-refractivity contribution is 5.91. The van der Waals surface area contributed by atoms with Gasteiger partial charge in [0.05, 0.1) is 14.1 Å². The van der Waals surface area contributed by atoms with Crippen LogP contribution < -0.4 is 15.8 Å². The number of aromatic nitrogens is 1. The van der Waals surface area contributed by atoms with E-state index in [4.69, 9.17) is 0 Å². The monoisotopic (exact) mass is 333 g/mol. The van der Waals surface area contributed by atoms with Gasteiger partial charge in [0.1, 0.15) is 5.69 Å². The summed E-state index contributed by atoms with van der Waals surface area (Å²) in [5.74, 6) is 0.432. The van der Waals surface area contributed by atoms with E-state index >= 15 is 0 Å². The Morgan fingerprint density at radius 2 is 2.00 bits per heavy atom. The first-order valence-corrected chi connectivity index (χ1v) is 8.43. The topological polar surface area (TPSA) is 75.8 Å². The molecule has 130 valence electrons. The van der Waals surface area contributed by atoms with Gasteiger partial charge < -0.3 is 19.7 Å². The SMILES string of the molecule is CC(=O)N1C[C@@H]2C[C@H](C1)c1ccc(NC(=O)C[NH+](C)C)c(=O)n1C2. The number of carbonyl (C=O) groups excluding carboxylic acids is 2. The van der Waals surface area contributed by atoms with Gasteiger partial charge in [-0.3, -0.25) is 14.4 Å². The summed E-state index contributed by atoms with van der Waals surface area (Å²) >= 11 is 0. The number of amides is 2. The zero-order valence-electron chi connectivity index (χ0n) is 14.5. The van der Waals surface area contributed by atoms with E-state index in [1.54, 1.807) is 17.6 Å². The molecule has 2 bridgehead atoms. The van der Waals surface area contributed by atoms with E-state index in [1.165, 1.54) is 0 Å². The second-order valence-electron chi connectivity index (χ2n) is 7.24. The third kappa shape index (κ3) is 3.21. The fraction of sp³-hybridized carbons (Fsp3) is 0.588. The molecule has 7 heteroatoms. The zero-order valence-corrected chi connectivity index (χ0v) is 14.5. The Balaban J connectivity index is 1.86. The molecule has 2 aliphatic rings. The van der Waals surface area contributed by atoms with Crippen molar-refractivity contribution in [3.05, 3.63) is 28.2 Å². The first kappa shape index (κ1) is 16.7. The van der Waals surface area contributed by atoms with Gasteiger partial charge in [0.25, 0.3) is 11.5 Å². The standard InChI is InChI=1S/C17H24N4O3/c1-11(22)20-7-12-6-13(9-20)15-5-4-14(17(24)21(15)8-12)18-16(23)10-19(2)3/h4-5,12-13H,6-10H2,1-3H3,(H,18,23)/p+1/t12-,13+/m0/s1. The summed E-state index contributed by atoms with van der Waals surface area (Å²) in [5.41, 5.74) is 1.17. The number of nitrogens with one attached hydrogen (secondary N) is 2. The molecule has 0 aromatic carbocycles. The molecule has 2 N–H and O–H groups in total. The first-order chi connectivity index (χ1) is 11.3. The Labute approximate surface area is 141 Å². The molecular formula is C17H25N4O3+. The van der Waals surface area contributed by atoms with Crippen molar-refractivity contribution in [2.24, 2.45) is 5.92 Å². The van der Waals surface area contributed by atoms with Gasteiger partial charge in [-0.25, -0.2) is 0 Å². The maximum atomic E-state index is 12.7. The van der Waals surface area contributed by atoms with Crippen molar-refractivity contribution in [1.82, 2.24) is 9.47 Å². The molecule has 7 nitrogen and oxygen atoms in total. The lowest BCUT2D eigenvalue weighted by atomic mass is 9.83. The van der Waals surface area contributed by atoms with Crippen molar-refractivity contribution in [2.75, 3.05) is 39.0 Å². The normalized spacial score (nSPS) is 22.2. The molecule has 24 heavy (non-hydrogen) atoms. The molecule has 0 saturated carbocycles. The van der Waals surface area contributed by atoms with E-state index in [-0.39, 0.29) is 23.3 Å². The molecule has 3 rings (SSSR count). The largest absolute Gasteiger partial charge is 0.342 e. The fourth-order valence-electron chi connectivity index (χ4n) is 3.81. The van der Waals surface area contributed by atoms with Gasteiger partial charge in [0, 0.05) is 38.2 Å². The summed E-state index contributed by atoms with van der Waals surface area (Å²) in [5, 5.41) is 2.73. The van der Waals surface area contributed by atoms with Gasteiger partial charge in [-0.05, 0) is 24.5 Å². The molecule has 2 atom stereocenters. The van der Waals surface area contributed by atoms with E-state index in [0.717, 1.165) is 17.0 Å². The Kier molecular flexibility index (Phi) is 4.45. The van der Waals surface area contributed by atoms with Gasteiger partial charge in [-0.2, -0.15) is 0 Å². The number of hydrogen-bond donors (Lipinski definition) is 2. The molecule has 0 radical (unpaired) electrons. The number of pyridine rings is 1. The van der Waals surface area contributed by atoms with Crippen molar-refractivity contribution in [1.29, 1.82) is 0 Å². The average Bonchev–Trinajstić information content (AvgIpc) is 2.49. The second-order valence-corrected chi connectivity index (χ2v) is 7.24. The van der Waals surface area contributed by atoms with E-state index in [9.17, 15) is 14.4 Å². The number of nitrogens with zero attached hydrogens (tertiary/aromatic N) is 2. The molecular weight excluding hydrogens is 308 g/mol. The van der Waals surface area contributed by atoms with E-state index < -0.39 is 0 Å². The van der Waals surface area contributed by atoms with E-state index in [2.05, 4.69) is 5.32 Å². The number of quaternary nitrogens is 1. The van der Waals surface area contributed by atoms with Crippen molar-refractivity contribution in [2.45, 2.75) is 25.8 Å². The molecule has 2 amide bonds. The number of fused-ring (bicyclic) bond motifs is 4. The van der Waals surface area contributed by atoms with Crippen LogP contribution in [0.1, 0.15) is 25.0 Å². The van der Waals surface area contributed by atoms with Gasteiger partial charge in [-0.15, -0.1) is 0 Å². The highest BCUT2D eigenvalue weighted by Crippen LogP contribution is 2.35. The van der Waals surface area contributed by atoms with Crippen molar-refractivity contribution in [3.63, 3.8) is 0 Å². The molecule has 0 unspecified atom stereocenters. The average molecular weight is 333 g/mol. The highest BCUT2D eigenvalue weighted by Gasteiger charge is 2.35. The van der Waals surface area contributed by atoms with Crippen LogP contribution in [0.5, 0.6) is 0 Å². The second kappa shape index (κ2) is 6.39. The molecule has 0 spiro atoms. The zero-order chi connectivity index (χ0) is 17.4. The summed E-state index contributed by atoms with van der Waals surface area (Å²) in [6.07, 6.45) is 1.01. The fourth-order valence-corrected chi connectivity index (χ4v) is 3.81. The lowest BCUT2D eigenvalue weighted by molar-refractivity contribution is -0.849. The molecule has 0 aliphatic carbocycles. The van der Waals surface area contributed by atoms with Gasteiger partial charge >= 0.3 is 0 Å². The molecule has 1 saturated heterocycles. The maximum Gasteiger partial charge on any atom is 0.279 e. The van der Waals surface area contributed by atoms with Crippen molar-refractivity contribution < 1.29 is 14.5 Å². The number of likely N-dealkylation sites (N-methyl/N-ethyl adjacent to an activating group) is 1. The van der Waals surface area contributed by atoms with E-state index in [1.807, 2.05) is 25.1 Å². The van der Waals surface area contributed by atoms with Crippen molar-refractivity contribution in [3.8, 4) is 0 Å². The van der Waals surface area contributed by atoms with Crippen LogP contribution in [0.15, 0.2) is 16.9 Å². The molecule has 3 heterocycles. The lowest BCUT2D eigenvalue weighted by Gasteiger charge is -2.42. The molecule has 2 aliphatic heterocycles. The Morgan fingerprint density at radius 1 is 1.25 bits per heavy atom. The minimum atomic E-state index is -0.161. The Bertz CT molecular complexity index is 725. The van der Waals surface area contributed by atoms with Crippen LogP contribution in [0.3, 0.4) is 0 Å². The van der Waals surface area contributed by atoms with Crippen LogP contribution in [0, 0.1) is 5.92 Å². The van der Waals surface area contributed by atoms with Crippen molar-refractivity contribution >= 4 is 17.5 Å². The third-order valence-corrected chi connectivity index (χ3v) is 4.84.